The minimum absolute atomic E-state index is 0.770. The molecule has 2 saturated carbocycles. The molecule has 100 valence electrons. The first-order valence-corrected chi connectivity index (χ1v) is 7.86. The van der Waals surface area contributed by atoms with E-state index in [9.17, 15) is 0 Å². The van der Waals surface area contributed by atoms with E-state index in [-0.39, 0.29) is 0 Å². The maximum absolute atomic E-state index is 3.73. The van der Waals surface area contributed by atoms with E-state index in [2.05, 4.69) is 24.1 Å². The van der Waals surface area contributed by atoms with Gasteiger partial charge in [0.1, 0.15) is 0 Å². The number of likely N-dealkylation sites (N-methyl/N-ethyl adjacent to an activating group) is 1. The number of unbranched alkanes of at least 4 members (excludes halogenated alkanes) is 1. The molecule has 0 aromatic carbocycles. The van der Waals surface area contributed by atoms with Crippen LogP contribution in [0.15, 0.2) is 0 Å². The minimum atomic E-state index is 0.770. The highest BCUT2D eigenvalue weighted by Crippen LogP contribution is 2.34. The zero-order valence-corrected chi connectivity index (χ0v) is 11.8. The summed E-state index contributed by atoms with van der Waals surface area (Å²) >= 11 is 0. The van der Waals surface area contributed by atoms with Gasteiger partial charge in [-0.1, -0.05) is 33.1 Å². The first-order chi connectivity index (χ1) is 8.36. The van der Waals surface area contributed by atoms with Crippen molar-refractivity contribution in [2.24, 2.45) is 0 Å². The molecule has 0 aliphatic heterocycles. The number of hydrogen-bond donors (Lipinski definition) is 1. The molecule has 2 aliphatic rings. The molecule has 0 aromatic heterocycles. The number of rotatable bonds is 7. The van der Waals surface area contributed by atoms with Crippen molar-refractivity contribution in [3.8, 4) is 0 Å². The zero-order valence-electron chi connectivity index (χ0n) is 11.8. The maximum Gasteiger partial charge on any atom is 0.0252 e. The molecule has 0 bridgehead atoms. The molecule has 17 heavy (non-hydrogen) atoms. The first kappa shape index (κ1) is 13.4. The summed E-state index contributed by atoms with van der Waals surface area (Å²) in [6.07, 6.45) is 11.3. The van der Waals surface area contributed by atoms with Gasteiger partial charge in [-0.3, -0.25) is 4.90 Å². The fraction of sp³-hybridized carbons (Fsp3) is 1.00. The van der Waals surface area contributed by atoms with E-state index in [1.165, 1.54) is 57.9 Å². The van der Waals surface area contributed by atoms with Crippen LogP contribution in [0.25, 0.3) is 0 Å². The van der Waals surface area contributed by atoms with Gasteiger partial charge >= 0.3 is 0 Å². The van der Waals surface area contributed by atoms with Gasteiger partial charge in [-0.15, -0.1) is 0 Å². The third kappa shape index (κ3) is 3.69. The normalized spacial score (nSPS) is 29.8. The second kappa shape index (κ2) is 6.75. The molecule has 2 nitrogen and oxygen atoms in total. The lowest BCUT2D eigenvalue weighted by Gasteiger charge is -2.40. The summed E-state index contributed by atoms with van der Waals surface area (Å²) in [5.41, 5.74) is 0. The van der Waals surface area contributed by atoms with Gasteiger partial charge in [0.2, 0.25) is 0 Å². The Balaban J connectivity index is 1.93. The summed E-state index contributed by atoms with van der Waals surface area (Å²) in [4.78, 5) is 2.86. The Hall–Kier alpha value is -0.0800. The maximum atomic E-state index is 3.73. The van der Waals surface area contributed by atoms with E-state index in [0.717, 1.165) is 24.7 Å². The molecule has 2 fully saturated rings. The SMILES string of the molecule is CCCCN(C1CC1)C1CCCCC1NCC. The van der Waals surface area contributed by atoms with Crippen LogP contribution in [-0.2, 0) is 0 Å². The molecule has 2 heteroatoms. The Labute approximate surface area is 107 Å². The zero-order chi connectivity index (χ0) is 12.1. The predicted molar refractivity (Wildman–Crippen MR) is 74.4 cm³/mol. The standard InChI is InChI=1S/C15H30N2/c1-3-5-12-17(13-10-11-13)15-9-7-6-8-14(15)16-4-2/h13-16H,3-12H2,1-2H3. The van der Waals surface area contributed by atoms with Crippen molar-refractivity contribution < 1.29 is 0 Å². The van der Waals surface area contributed by atoms with Crippen molar-refractivity contribution in [3.05, 3.63) is 0 Å². The molecule has 2 aliphatic carbocycles. The van der Waals surface area contributed by atoms with Crippen LogP contribution in [0.5, 0.6) is 0 Å². The predicted octanol–water partition coefficient (Wildman–Crippen LogP) is 3.17. The molecule has 2 atom stereocenters. The number of hydrogen-bond acceptors (Lipinski definition) is 2. The van der Waals surface area contributed by atoms with Crippen molar-refractivity contribution in [1.82, 2.24) is 10.2 Å². The Bertz CT molecular complexity index is 211. The van der Waals surface area contributed by atoms with Crippen molar-refractivity contribution in [2.75, 3.05) is 13.1 Å². The number of nitrogens with zero attached hydrogens (tertiary/aromatic N) is 1. The van der Waals surface area contributed by atoms with Crippen molar-refractivity contribution in [2.45, 2.75) is 83.3 Å². The molecule has 0 heterocycles. The second-order valence-electron chi connectivity index (χ2n) is 5.84. The van der Waals surface area contributed by atoms with E-state index in [1.54, 1.807) is 0 Å². The third-order valence-electron chi connectivity index (χ3n) is 4.41. The van der Waals surface area contributed by atoms with Gasteiger partial charge in [0.25, 0.3) is 0 Å². The van der Waals surface area contributed by atoms with Crippen LogP contribution in [0.3, 0.4) is 0 Å². The molecule has 0 aromatic rings. The van der Waals surface area contributed by atoms with Crippen molar-refractivity contribution in [3.63, 3.8) is 0 Å². The molecule has 2 unspecified atom stereocenters. The fourth-order valence-electron chi connectivity index (χ4n) is 3.37. The van der Waals surface area contributed by atoms with Crippen LogP contribution in [0, 0.1) is 0 Å². The lowest BCUT2D eigenvalue weighted by molar-refractivity contribution is 0.113. The largest absolute Gasteiger partial charge is 0.313 e. The van der Waals surface area contributed by atoms with Gasteiger partial charge in [-0.2, -0.15) is 0 Å². The summed E-state index contributed by atoms with van der Waals surface area (Å²) in [6, 6.07) is 2.54. The van der Waals surface area contributed by atoms with Gasteiger partial charge in [-0.25, -0.2) is 0 Å². The van der Waals surface area contributed by atoms with Crippen LogP contribution in [0.1, 0.15) is 65.2 Å². The monoisotopic (exact) mass is 238 g/mol. The first-order valence-electron chi connectivity index (χ1n) is 7.86. The molecule has 0 amide bonds. The minimum Gasteiger partial charge on any atom is -0.313 e. The van der Waals surface area contributed by atoms with E-state index in [0.29, 0.717) is 0 Å². The lowest BCUT2D eigenvalue weighted by Crippen LogP contribution is -2.52. The summed E-state index contributed by atoms with van der Waals surface area (Å²) in [5.74, 6) is 0. The summed E-state index contributed by atoms with van der Waals surface area (Å²) < 4.78 is 0. The average molecular weight is 238 g/mol. The van der Waals surface area contributed by atoms with Crippen molar-refractivity contribution >= 4 is 0 Å². The number of nitrogens with one attached hydrogen (secondary N) is 1. The van der Waals surface area contributed by atoms with Crippen LogP contribution >= 0.6 is 0 Å². The Morgan fingerprint density at radius 3 is 2.47 bits per heavy atom. The van der Waals surface area contributed by atoms with Crippen LogP contribution < -0.4 is 5.32 Å². The second-order valence-corrected chi connectivity index (χ2v) is 5.84. The summed E-state index contributed by atoms with van der Waals surface area (Å²) in [5, 5.41) is 3.73. The fourth-order valence-corrected chi connectivity index (χ4v) is 3.37. The molecule has 0 spiro atoms. The molecular formula is C15H30N2. The quantitative estimate of drug-likeness (QED) is 0.733. The van der Waals surface area contributed by atoms with Gasteiger partial charge < -0.3 is 5.32 Å². The summed E-state index contributed by atoms with van der Waals surface area (Å²) in [7, 11) is 0. The molecular weight excluding hydrogens is 208 g/mol. The van der Waals surface area contributed by atoms with Crippen LogP contribution in [0.2, 0.25) is 0 Å². The lowest BCUT2D eigenvalue weighted by atomic mass is 9.88. The van der Waals surface area contributed by atoms with Gasteiger partial charge in [-0.05, 0) is 45.2 Å². The van der Waals surface area contributed by atoms with Crippen LogP contribution in [0.4, 0.5) is 0 Å². The molecule has 1 N–H and O–H groups in total. The third-order valence-corrected chi connectivity index (χ3v) is 4.41. The van der Waals surface area contributed by atoms with Gasteiger partial charge in [0.15, 0.2) is 0 Å². The van der Waals surface area contributed by atoms with Gasteiger partial charge in [0, 0.05) is 18.1 Å². The topological polar surface area (TPSA) is 15.3 Å². The molecule has 0 radical (unpaired) electrons. The highest BCUT2D eigenvalue weighted by atomic mass is 15.2. The molecule has 0 saturated heterocycles. The van der Waals surface area contributed by atoms with Gasteiger partial charge in [0.05, 0.1) is 0 Å². The van der Waals surface area contributed by atoms with E-state index >= 15 is 0 Å². The highest BCUT2D eigenvalue weighted by Gasteiger charge is 2.37. The Morgan fingerprint density at radius 2 is 1.82 bits per heavy atom. The Morgan fingerprint density at radius 1 is 1.06 bits per heavy atom. The smallest absolute Gasteiger partial charge is 0.0252 e. The van der Waals surface area contributed by atoms with E-state index in [1.807, 2.05) is 0 Å². The van der Waals surface area contributed by atoms with Crippen molar-refractivity contribution in [1.29, 1.82) is 0 Å². The highest BCUT2D eigenvalue weighted by molar-refractivity contribution is 4.95. The summed E-state index contributed by atoms with van der Waals surface area (Å²) in [6.45, 7) is 7.04. The van der Waals surface area contributed by atoms with E-state index in [4.69, 9.17) is 0 Å². The van der Waals surface area contributed by atoms with Crippen LogP contribution in [-0.4, -0.2) is 36.1 Å². The average Bonchev–Trinajstić information content (AvgIpc) is 3.16. The van der Waals surface area contributed by atoms with E-state index < -0.39 is 0 Å². The molecule has 2 rings (SSSR count). The Kier molecular flexibility index (Phi) is 5.30.